The third kappa shape index (κ3) is 7.66. The quantitative estimate of drug-likeness (QED) is 0.261. The largest absolute Gasteiger partial charge is 0.376 e. The lowest BCUT2D eigenvalue weighted by molar-refractivity contribution is 0.0801. The molecule has 0 heterocycles. The Morgan fingerprint density at radius 1 is 1.08 bits per heavy atom. The number of unbranched alkanes of at least 4 members (excludes halogenated alkanes) is 1. The molecule has 2 rings (SSSR count). The molecule has 0 aromatic heterocycles. The Balaban J connectivity index is 1.66. The standard InChI is InChI=1S/C25H40O/c1-3-5-11-21-26-22-25(18-8-6-9-19-25)20-10-7-13-24-16-14-23(12-4-2)15-17-24/h4-6,8-9,11,18,23-24H,2-3,7,10,12-17,19-22H2,1H3. The second kappa shape index (κ2) is 12.3. The SMILES string of the molecule is C=CCC1CCC(CCCCC2(COCC=CCC)C=CC=CC2)CC1. The van der Waals surface area contributed by atoms with Gasteiger partial charge < -0.3 is 4.74 Å². The second-order valence-electron chi connectivity index (χ2n) is 8.41. The fraction of sp³-hybridized carbons (Fsp3) is 0.680. The number of hydrogen-bond donors (Lipinski definition) is 0. The van der Waals surface area contributed by atoms with Crippen molar-refractivity contribution < 1.29 is 4.74 Å². The van der Waals surface area contributed by atoms with Crippen molar-refractivity contribution in [3.8, 4) is 0 Å². The van der Waals surface area contributed by atoms with Gasteiger partial charge >= 0.3 is 0 Å². The molecule has 1 atom stereocenters. The zero-order valence-electron chi connectivity index (χ0n) is 17.0. The van der Waals surface area contributed by atoms with Gasteiger partial charge in [-0.1, -0.05) is 81.6 Å². The Morgan fingerprint density at radius 3 is 2.58 bits per heavy atom. The summed E-state index contributed by atoms with van der Waals surface area (Å²) in [5.41, 5.74) is 0.233. The summed E-state index contributed by atoms with van der Waals surface area (Å²) in [6.45, 7) is 7.67. The van der Waals surface area contributed by atoms with Crippen LogP contribution in [-0.2, 0) is 4.74 Å². The maximum atomic E-state index is 5.98. The Hall–Kier alpha value is -1.08. The van der Waals surface area contributed by atoms with E-state index in [1.165, 1.54) is 57.8 Å². The van der Waals surface area contributed by atoms with Gasteiger partial charge in [0.2, 0.25) is 0 Å². The van der Waals surface area contributed by atoms with Gasteiger partial charge in [-0.2, -0.15) is 0 Å². The zero-order chi connectivity index (χ0) is 18.5. The minimum absolute atomic E-state index is 0.233. The molecule has 146 valence electrons. The number of ether oxygens (including phenoxy) is 1. The van der Waals surface area contributed by atoms with Gasteiger partial charge in [0.1, 0.15) is 0 Å². The summed E-state index contributed by atoms with van der Waals surface area (Å²) in [6.07, 6.45) is 30.1. The topological polar surface area (TPSA) is 9.23 Å². The summed E-state index contributed by atoms with van der Waals surface area (Å²) in [5, 5.41) is 0. The average molecular weight is 357 g/mol. The van der Waals surface area contributed by atoms with Gasteiger partial charge in [-0.25, -0.2) is 0 Å². The highest BCUT2D eigenvalue weighted by molar-refractivity contribution is 5.16. The van der Waals surface area contributed by atoms with E-state index in [1.807, 2.05) is 0 Å². The fourth-order valence-electron chi connectivity index (χ4n) is 4.54. The van der Waals surface area contributed by atoms with Gasteiger partial charge in [0.05, 0.1) is 13.2 Å². The van der Waals surface area contributed by atoms with E-state index < -0.39 is 0 Å². The van der Waals surface area contributed by atoms with Crippen LogP contribution in [0.2, 0.25) is 0 Å². The van der Waals surface area contributed by atoms with E-state index in [4.69, 9.17) is 4.74 Å². The lowest BCUT2D eigenvalue weighted by Gasteiger charge is -2.32. The molecule has 26 heavy (non-hydrogen) atoms. The molecule has 0 spiro atoms. The van der Waals surface area contributed by atoms with E-state index in [9.17, 15) is 0 Å². The third-order valence-corrected chi connectivity index (χ3v) is 6.23. The lowest BCUT2D eigenvalue weighted by Crippen LogP contribution is -2.25. The van der Waals surface area contributed by atoms with Crippen molar-refractivity contribution in [2.75, 3.05) is 13.2 Å². The van der Waals surface area contributed by atoms with Crippen LogP contribution in [0.25, 0.3) is 0 Å². The maximum Gasteiger partial charge on any atom is 0.0647 e. The van der Waals surface area contributed by atoms with Crippen molar-refractivity contribution in [2.24, 2.45) is 17.3 Å². The minimum Gasteiger partial charge on any atom is -0.376 e. The monoisotopic (exact) mass is 356 g/mol. The van der Waals surface area contributed by atoms with E-state index in [0.717, 1.165) is 37.9 Å². The van der Waals surface area contributed by atoms with Crippen LogP contribution in [0, 0.1) is 17.3 Å². The number of hydrogen-bond acceptors (Lipinski definition) is 1. The molecule has 1 heteroatoms. The first kappa shape index (κ1) is 21.2. The van der Waals surface area contributed by atoms with Gasteiger partial charge in [-0.15, -0.1) is 6.58 Å². The summed E-state index contributed by atoms with van der Waals surface area (Å²) >= 11 is 0. The van der Waals surface area contributed by atoms with E-state index >= 15 is 0 Å². The molecule has 0 aromatic rings. The van der Waals surface area contributed by atoms with Crippen molar-refractivity contribution in [1.82, 2.24) is 0 Å². The third-order valence-electron chi connectivity index (χ3n) is 6.23. The zero-order valence-corrected chi connectivity index (χ0v) is 17.0. The minimum atomic E-state index is 0.233. The molecule has 1 nitrogen and oxygen atoms in total. The number of rotatable bonds is 12. The van der Waals surface area contributed by atoms with Crippen LogP contribution in [0.1, 0.15) is 77.6 Å². The summed E-state index contributed by atoms with van der Waals surface area (Å²) < 4.78 is 5.98. The van der Waals surface area contributed by atoms with Crippen molar-refractivity contribution in [1.29, 1.82) is 0 Å². The van der Waals surface area contributed by atoms with Crippen molar-refractivity contribution in [3.05, 3.63) is 49.1 Å². The Morgan fingerprint density at radius 2 is 1.88 bits per heavy atom. The molecular formula is C25H40O. The van der Waals surface area contributed by atoms with Crippen molar-refractivity contribution in [3.63, 3.8) is 0 Å². The molecule has 1 saturated carbocycles. The number of allylic oxidation sites excluding steroid dienone is 5. The molecule has 0 N–H and O–H groups in total. The predicted octanol–water partition coefficient (Wildman–Crippen LogP) is 7.41. The molecule has 0 saturated heterocycles. The van der Waals surface area contributed by atoms with E-state index in [-0.39, 0.29) is 5.41 Å². The predicted molar refractivity (Wildman–Crippen MR) is 114 cm³/mol. The first-order chi connectivity index (χ1) is 12.8. The fourth-order valence-corrected chi connectivity index (χ4v) is 4.54. The summed E-state index contributed by atoms with van der Waals surface area (Å²) in [5.74, 6) is 1.90. The van der Waals surface area contributed by atoms with E-state index in [0.29, 0.717) is 0 Å². The molecule has 1 fully saturated rings. The summed E-state index contributed by atoms with van der Waals surface area (Å²) in [4.78, 5) is 0. The first-order valence-electron chi connectivity index (χ1n) is 11.0. The Labute approximate surface area is 162 Å². The normalized spacial score (nSPS) is 28.7. The molecule has 0 aromatic carbocycles. The van der Waals surface area contributed by atoms with Crippen LogP contribution in [0.4, 0.5) is 0 Å². The Bertz CT molecular complexity index is 465. The molecule has 2 aliphatic rings. The summed E-state index contributed by atoms with van der Waals surface area (Å²) in [6, 6.07) is 0. The van der Waals surface area contributed by atoms with Crippen LogP contribution in [-0.4, -0.2) is 13.2 Å². The van der Waals surface area contributed by atoms with Gasteiger partial charge in [0, 0.05) is 5.41 Å². The molecule has 0 aliphatic heterocycles. The maximum absolute atomic E-state index is 5.98. The molecular weight excluding hydrogens is 316 g/mol. The molecule has 2 aliphatic carbocycles. The highest BCUT2D eigenvalue weighted by Gasteiger charge is 2.27. The van der Waals surface area contributed by atoms with Crippen molar-refractivity contribution >= 4 is 0 Å². The molecule has 0 radical (unpaired) electrons. The van der Waals surface area contributed by atoms with Crippen LogP contribution >= 0.6 is 0 Å². The van der Waals surface area contributed by atoms with Crippen LogP contribution in [0.3, 0.4) is 0 Å². The summed E-state index contributed by atoms with van der Waals surface area (Å²) in [7, 11) is 0. The van der Waals surface area contributed by atoms with Crippen LogP contribution < -0.4 is 0 Å². The average Bonchev–Trinajstić information content (AvgIpc) is 2.67. The van der Waals surface area contributed by atoms with Crippen molar-refractivity contribution in [2.45, 2.75) is 77.6 Å². The van der Waals surface area contributed by atoms with Crippen LogP contribution in [0.5, 0.6) is 0 Å². The van der Waals surface area contributed by atoms with E-state index in [1.54, 1.807) is 0 Å². The lowest BCUT2D eigenvalue weighted by atomic mass is 9.76. The molecule has 0 amide bonds. The van der Waals surface area contributed by atoms with E-state index in [2.05, 4.69) is 56.0 Å². The molecule has 1 unspecified atom stereocenters. The highest BCUT2D eigenvalue weighted by Crippen LogP contribution is 2.37. The molecule has 0 bridgehead atoms. The highest BCUT2D eigenvalue weighted by atomic mass is 16.5. The smallest absolute Gasteiger partial charge is 0.0647 e. The van der Waals surface area contributed by atoms with Gasteiger partial charge in [-0.05, 0) is 50.4 Å². The van der Waals surface area contributed by atoms with Gasteiger partial charge in [0.15, 0.2) is 0 Å². The Kier molecular flexibility index (Phi) is 10.1. The van der Waals surface area contributed by atoms with Gasteiger partial charge in [-0.3, -0.25) is 0 Å². The van der Waals surface area contributed by atoms with Gasteiger partial charge in [0.25, 0.3) is 0 Å². The van der Waals surface area contributed by atoms with Crippen LogP contribution in [0.15, 0.2) is 49.1 Å². The second-order valence-corrected chi connectivity index (χ2v) is 8.41. The first-order valence-corrected chi connectivity index (χ1v) is 11.0.